The number of nitrogens with zero attached hydrogens (tertiary/aromatic N) is 1. The van der Waals surface area contributed by atoms with Gasteiger partial charge in [-0.25, -0.2) is 0 Å². The first-order chi connectivity index (χ1) is 8.21. The minimum Gasteiger partial charge on any atom is -0.353 e. The van der Waals surface area contributed by atoms with Crippen molar-refractivity contribution in [1.29, 1.82) is 0 Å². The molecule has 4 nitrogen and oxygen atoms in total. The van der Waals surface area contributed by atoms with Crippen molar-refractivity contribution in [2.24, 2.45) is 11.3 Å². The molecule has 1 aliphatic heterocycles. The predicted molar refractivity (Wildman–Crippen MR) is 72.0 cm³/mol. The van der Waals surface area contributed by atoms with Gasteiger partial charge in [-0.1, -0.05) is 34.6 Å². The van der Waals surface area contributed by atoms with E-state index in [1.165, 1.54) is 0 Å². The molecule has 1 N–H and O–H groups in total. The van der Waals surface area contributed by atoms with E-state index in [4.69, 9.17) is 0 Å². The molecule has 1 rings (SSSR count). The average molecular weight is 254 g/mol. The summed E-state index contributed by atoms with van der Waals surface area (Å²) >= 11 is 0. The lowest BCUT2D eigenvalue weighted by Gasteiger charge is -2.36. The molecule has 0 spiro atoms. The van der Waals surface area contributed by atoms with E-state index in [9.17, 15) is 9.59 Å². The van der Waals surface area contributed by atoms with Gasteiger partial charge in [-0.05, 0) is 12.8 Å². The second kappa shape index (κ2) is 5.72. The minimum atomic E-state index is -0.311. The molecule has 0 aromatic carbocycles. The first-order valence-corrected chi connectivity index (χ1v) is 6.81. The van der Waals surface area contributed by atoms with Crippen LogP contribution in [0.3, 0.4) is 0 Å². The fourth-order valence-corrected chi connectivity index (χ4v) is 2.07. The molecule has 0 aliphatic carbocycles. The van der Waals surface area contributed by atoms with E-state index in [1.54, 1.807) is 0 Å². The molecule has 4 heteroatoms. The van der Waals surface area contributed by atoms with Crippen molar-refractivity contribution < 1.29 is 9.59 Å². The van der Waals surface area contributed by atoms with Crippen LogP contribution in [-0.2, 0) is 9.59 Å². The number of nitrogens with one attached hydrogen (secondary N) is 1. The Hall–Kier alpha value is -1.06. The molecule has 0 aromatic rings. The van der Waals surface area contributed by atoms with Crippen LogP contribution in [0, 0.1) is 11.3 Å². The van der Waals surface area contributed by atoms with Gasteiger partial charge in [-0.3, -0.25) is 9.59 Å². The van der Waals surface area contributed by atoms with Crippen LogP contribution in [-0.4, -0.2) is 35.8 Å². The molecule has 0 saturated carbocycles. The van der Waals surface area contributed by atoms with Crippen molar-refractivity contribution in [3.8, 4) is 0 Å². The smallest absolute Gasteiger partial charge is 0.227 e. The summed E-state index contributed by atoms with van der Waals surface area (Å²) in [7, 11) is 0. The summed E-state index contributed by atoms with van der Waals surface area (Å²) in [4.78, 5) is 25.6. The molecule has 0 bridgehead atoms. The lowest BCUT2D eigenvalue weighted by Crippen LogP contribution is -2.49. The lowest BCUT2D eigenvalue weighted by molar-refractivity contribution is -0.140. The van der Waals surface area contributed by atoms with Gasteiger partial charge in [0.2, 0.25) is 11.8 Å². The van der Waals surface area contributed by atoms with Gasteiger partial charge in [0.25, 0.3) is 0 Å². The number of hydrogen-bond acceptors (Lipinski definition) is 2. The highest BCUT2D eigenvalue weighted by atomic mass is 16.2. The summed E-state index contributed by atoms with van der Waals surface area (Å²) in [6, 6.07) is 0.226. The first kappa shape index (κ1) is 15.0. The SMILES string of the molecule is CC(C)C(=O)NC1CCN(C(=O)C(C)(C)C)CC1. The molecule has 1 aliphatic rings. The Morgan fingerprint density at radius 2 is 1.67 bits per heavy atom. The van der Waals surface area contributed by atoms with Crippen molar-refractivity contribution in [3.05, 3.63) is 0 Å². The maximum atomic E-state index is 12.1. The second-order valence-electron chi connectivity index (χ2n) is 6.48. The molecule has 0 aromatic heterocycles. The Kier molecular flexibility index (Phi) is 4.77. The predicted octanol–water partition coefficient (Wildman–Crippen LogP) is 1.80. The van der Waals surface area contributed by atoms with Gasteiger partial charge in [0.1, 0.15) is 0 Å². The van der Waals surface area contributed by atoms with Gasteiger partial charge >= 0.3 is 0 Å². The number of amides is 2. The van der Waals surface area contributed by atoms with Crippen LogP contribution in [0.1, 0.15) is 47.5 Å². The third-order valence-electron chi connectivity index (χ3n) is 3.29. The molecule has 0 unspecified atom stereocenters. The van der Waals surface area contributed by atoms with Gasteiger partial charge in [-0.2, -0.15) is 0 Å². The van der Waals surface area contributed by atoms with Crippen LogP contribution in [0.25, 0.3) is 0 Å². The Morgan fingerprint density at radius 1 is 1.17 bits per heavy atom. The summed E-state index contributed by atoms with van der Waals surface area (Å²) < 4.78 is 0. The van der Waals surface area contributed by atoms with E-state index in [0.29, 0.717) is 0 Å². The molecule has 1 heterocycles. The molecular formula is C14H26N2O2. The standard InChI is InChI=1S/C14H26N2O2/c1-10(2)12(17)15-11-6-8-16(9-7-11)13(18)14(3,4)5/h10-11H,6-9H2,1-5H3,(H,15,17). The zero-order valence-electron chi connectivity index (χ0n) is 12.2. The fraction of sp³-hybridized carbons (Fsp3) is 0.857. The summed E-state index contributed by atoms with van der Waals surface area (Å²) in [5.74, 6) is 0.339. The maximum absolute atomic E-state index is 12.1. The lowest BCUT2D eigenvalue weighted by atomic mass is 9.93. The van der Waals surface area contributed by atoms with Crippen LogP contribution >= 0.6 is 0 Å². The Labute approximate surface area is 110 Å². The Balaban J connectivity index is 2.42. The van der Waals surface area contributed by atoms with Crippen molar-refractivity contribution in [2.45, 2.75) is 53.5 Å². The van der Waals surface area contributed by atoms with Crippen LogP contribution in [0.2, 0.25) is 0 Å². The first-order valence-electron chi connectivity index (χ1n) is 6.81. The summed E-state index contributed by atoms with van der Waals surface area (Å²) in [6.45, 7) is 11.1. The number of likely N-dealkylation sites (tertiary alicyclic amines) is 1. The van der Waals surface area contributed by atoms with Gasteiger partial charge < -0.3 is 10.2 Å². The monoisotopic (exact) mass is 254 g/mol. The van der Waals surface area contributed by atoms with Crippen LogP contribution in [0.4, 0.5) is 0 Å². The maximum Gasteiger partial charge on any atom is 0.227 e. The molecule has 1 fully saturated rings. The van der Waals surface area contributed by atoms with Gasteiger partial charge in [0, 0.05) is 30.5 Å². The molecule has 104 valence electrons. The summed E-state index contributed by atoms with van der Waals surface area (Å²) in [5, 5.41) is 3.04. The van der Waals surface area contributed by atoms with E-state index >= 15 is 0 Å². The van der Waals surface area contributed by atoms with E-state index in [2.05, 4.69) is 5.32 Å². The van der Waals surface area contributed by atoms with Crippen LogP contribution in [0.5, 0.6) is 0 Å². The van der Waals surface area contributed by atoms with Gasteiger partial charge in [-0.15, -0.1) is 0 Å². The molecule has 0 atom stereocenters. The zero-order valence-corrected chi connectivity index (χ0v) is 12.2. The Bertz CT molecular complexity index is 310. The van der Waals surface area contributed by atoms with Crippen molar-refractivity contribution in [3.63, 3.8) is 0 Å². The van der Waals surface area contributed by atoms with E-state index < -0.39 is 0 Å². The van der Waals surface area contributed by atoms with Crippen molar-refractivity contribution >= 4 is 11.8 Å². The summed E-state index contributed by atoms with van der Waals surface area (Å²) in [6.07, 6.45) is 1.72. The Morgan fingerprint density at radius 3 is 2.06 bits per heavy atom. The normalized spacial score (nSPS) is 18.0. The fourth-order valence-electron chi connectivity index (χ4n) is 2.07. The van der Waals surface area contributed by atoms with Crippen LogP contribution < -0.4 is 5.32 Å². The highest BCUT2D eigenvalue weighted by Gasteiger charge is 2.30. The average Bonchev–Trinajstić information content (AvgIpc) is 2.27. The molecule has 1 saturated heterocycles. The van der Waals surface area contributed by atoms with E-state index in [1.807, 2.05) is 39.5 Å². The molecule has 2 amide bonds. The van der Waals surface area contributed by atoms with Crippen molar-refractivity contribution in [1.82, 2.24) is 10.2 Å². The topological polar surface area (TPSA) is 49.4 Å². The number of piperidine rings is 1. The number of rotatable bonds is 2. The minimum absolute atomic E-state index is 0.0271. The third-order valence-corrected chi connectivity index (χ3v) is 3.29. The molecule has 0 radical (unpaired) electrons. The second-order valence-corrected chi connectivity index (χ2v) is 6.48. The van der Waals surface area contributed by atoms with E-state index in [-0.39, 0.29) is 29.2 Å². The molecule has 18 heavy (non-hydrogen) atoms. The summed E-state index contributed by atoms with van der Waals surface area (Å²) in [5.41, 5.74) is -0.311. The van der Waals surface area contributed by atoms with Gasteiger partial charge in [0.15, 0.2) is 0 Å². The van der Waals surface area contributed by atoms with Gasteiger partial charge in [0.05, 0.1) is 0 Å². The molecular weight excluding hydrogens is 228 g/mol. The highest BCUT2D eigenvalue weighted by molar-refractivity contribution is 5.81. The quantitative estimate of drug-likeness (QED) is 0.817. The highest BCUT2D eigenvalue weighted by Crippen LogP contribution is 2.21. The number of carbonyl (C=O) groups excluding carboxylic acids is 2. The third kappa shape index (κ3) is 4.00. The van der Waals surface area contributed by atoms with Crippen molar-refractivity contribution in [2.75, 3.05) is 13.1 Å². The largest absolute Gasteiger partial charge is 0.353 e. The van der Waals surface area contributed by atoms with Crippen LogP contribution in [0.15, 0.2) is 0 Å². The number of hydrogen-bond donors (Lipinski definition) is 1. The van der Waals surface area contributed by atoms with E-state index in [0.717, 1.165) is 25.9 Å². The number of carbonyl (C=O) groups is 2. The zero-order chi connectivity index (χ0) is 13.9.